The summed E-state index contributed by atoms with van der Waals surface area (Å²) < 4.78 is 0.955. The molecule has 0 radical (unpaired) electrons. The molecule has 2 N–H and O–H groups in total. The van der Waals surface area contributed by atoms with Crippen molar-refractivity contribution in [3.8, 4) is 0 Å². The topological polar surface area (TPSA) is 36.4 Å². The van der Waals surface area contributed by atoms with Crippen molar-refractivity contribution in [3.05, 3.63) is 21.4 Å². The van der Waals surface area contributed by atoms with Gasteiger partial charge in [0, 0.05) is 16.3 Å². The lowest BCUT2D eigenvalue weighted by atomic mass is 10.2. The number of halogens is 2. The van der Waals surface area contributed by atoms with Crippen LogP contribution < -0.4 is 10.6 Å². The van der Waals surface area contributed by atoms with Gasteiger partial charge < -0.3 is 10.6 Å². The number of rotatable bonds is 0. The fourth-order valence-electron chi connectivity index (χ4n) is 1.03. The zero-order valence-electron chi connectivity index (χ0n) is 5.44. The molecule has 0 aromatic heterocycles. The molecule has 1 unspecified atom stereocenters. The zero-order valence-corrected chi connectivity index (χ0v) is 7.78. The van der Waals surface area contributed by atoms with Crippen LogP contribution in [0.1, 0.15) is 0 Å². The summed E-state index contributed by atoms with van der Waals surface area (Å²) in [6.45, 7) is 0. The quantitative estimate of drug-likeness (QED) is 0.619. The van der Waals surface area contributed by atoms with Gasteiger partial charge in [-0.25, -0.2) is 4.99 Å². The molecule has 0 aromatic carbocycles. The van der Waals surface area contributed by atoms with Crippen molar-refractivity contribution in [2.75, 3.05) is 0 Å². The number of hydrogen-bond acceptors (Lipinski definition) is 3. The molecule has 2 aliphatic heterocycles. The summed E-state index contributed by atoms with van der Waals surface area (Å²) in [5, 5.41) is 6.50. The molecule has 2 aliphatic rings. The van der Waals surface area contributed by atoms with E-state index in [2.05, 4.69) is 31.6 Å². The highest BCUT2D eigenvalue weighted by Crippen LogP contribution is 2.30. The van der Waals surface area contributed by atoms with Crippen LogP contribution in [0, 0.1) is 0 Å². The molecule has 0 bridgehead atoms. The fourth-order valence-corrected chi connectivity index (χ4v) is 1.95. The van der Waals surface area contributed by atoms with Crippen LogP contribution in [-0.4, -0.2) is 12.5 Å². The molecule has 2 heterocycles. The average molecular weight is 234 g/mol. The van der Waals surface area contributed by atoms with Gasteiger partial charge in [-0.2, -0.15) is 0 Å². The van der Waals surface area contributed by atoms with Gasteiger partial charge in [-0.3, -0.25) is 0 Å². The summed E-state index contributed by atoms with van der Waals surface area (Å²) in [5.74, 6) is 0. The van der Waals surface area contributed by atoms with Crippen molar-refractivity contribution < 1.29 is 0 Å². The predicted molar refractivity (Wildman–Crippen MR) is 48.4 cm³/mol. The predicted octanol–water partition coefficient (Wildman–Crippen LogP) is 1.23. The van der Waals surface area contributed by atoms with E-state index in [0.717, 1.165) is 10.1 Å². The monoisotopic (exact) mass is 233 g/mol. The lowest BCUT2D eigenvalue weighted by Gasteiger charge is -2.15. The average Bonchev–Trinajstić information content (AvgIpc) is 2.34. The van der Waals surface area contributed by atoms with Crippen LogP contribution in [0.15, 0.2) is 26.4 Å². The second-order valence-electron chi connectivity index (χ2n) is 2.21. The third-order valence-electron chi connectivity index (χ3n) is 1.55. The Balaban J connectivity index is 2.41. The van der Waals surface area contributed by atoms with E-state index in [9.17, 15) is 0 Å². The smallest absolute Gasteiger partial charge is 0.150 e. The fraction of sp³-hybridized carbons (Fsp3) is 0.167. The molecule has 0 aliphatic carbocycles. The van der Waals surface area contributed by atoms with Gasteiger partial charge in [0.25, 0.3) is 0 Å². The summed E-state index contributed by atoms with van der Waals surface area (Å²) in [4.78, 5) is 4.12. The summed E-state index contributed by atoms with van der Waals surface area (Å²) in [6.07, 6.45) is 3.41. The van der Waals surface area contributed by atoms with Gasteiger partial charge >= 0.3 is 0 Å². The van der Waals surface area contributed by atoms with Crippen LogP contribution in [-0.2, 0) is 0 Å². The Bertz CT molecular complexity index is 282. The first-order chi connectivity index (χ1) is 5.29. The van der Waals surface area contributed by atoms with Crippen molar-refractivity contribution in [1.29, 1.82) is 0 Å². The minimum atomic E-state index is -0.0156. The third-order valence-corrected chi connectivity index (χ3v) is 2.52. The number of nitrogens with zero attached hydrogens (tertiary/aromatic N) is 1. The highest BCUT2D eigenvalue weighted by atomic mass is 79.9. The molecule has 0 saturated heterocycles. The summed E-state index contributed by atoms with van der Waals surface area (Å²) in [5.41, 5.74) is 0.967. The molecule has 0 fully saturated rings. The van der Waals surface area contributed by atoms with Gasteiger partial charge in [0.15, 0.2) is 0 Å². The number of hydrogen-bond donors (Lipinski definition) is 2. The second kappa shape index (κ2) is 2.53. The van der Waals surface area contributed by atoms with Crippen LogP contribution in [0.4, 0.5) is 0 Å². The van der Waals surface area contributed by atoms with E-state index in [-0.39, 0.29) is 6.17 Å². The molecule has 0 aromatic rings. The number of nitrogens with one attached hydrogen (secondary N) is 2. The first-order valence-electron chi connectivity index (χ1n) is 3.09. The molecule has 0 spiro atoms. The minimum Gasteiger partial charge on any atom is -0.365 e. The van der Waals surface area contributed by atoms with Gasteiger partial charge in [-0.15, -0.1) is 0 Å². The van der Waals surface area contributed by atoms with E-state index in [0.29, 0.717) is 5.16 Å². The van der Waals surface area contributed by atoms with Crippen molar-refractivity contribution in [2.45, 2.75) is 6.17 Å². The van der Waals surface area contributed by atoms with Crippen molar-refractivity contribution in [1.82, 2.24) is 10.6 Å². The lowest BCUT2D eigenvalue weighted by Crippen LogP contribution is -2.27. The first-order valence-corrected chi connectivity index (χ1v) is 4.26. The Hall–Kier alpha value is -0.480. The zero-order chi connectivity index (χ0) is 7.84. The normalized spacial score (nSPS) is 27.5. The molecular formula is C6H5BrClN3. The summed E-state index contributed by atoms with van der Waals surface area (Å²) in [7, 11) is 0. The number of fused-ring (bicyclic) bond motifs is 1. The molecule has 3 nitrogen and oxygen atoms in total. The molecule has 11 heavy (non-hydrogen) atoms. The maximum atomic E-state index is 5.88. The van der Waals surface area contributed by atoms with E-state index in [1.165, 1.54) is 0 Å². The van der Waals surface area contributed by atoms with E-state index in [1.807, 2.05) is 6.20 Å². The summed E-state index contributed by atoms with van der Waals surface area (Å²) in [6, 6.07) is 0. The maximum absolute atomic E-state index is 5.88. The molecule has 0 amide bonds. The van der Waals surface area contributed by atoms with Crippen molar-refractivity contribution in [3.63, 3.8) is 0 Å². The van der Waals surface area contributed by atoms with Gasteiger partial charge in [-0.1, -0.05) is 11.6 Å². The van der Waals surface area contributed by atoms with Crippen LogP contribution in [0.25, 0.3) is 0 Å². The van der Waals surface area contributed by atoms with Crippen LogP contribution >= 0.6 is 27.5 Å². The largest absolute Gasteiger partial charge is 0.365 e. The van der Waals surface area contributed by atoms with E-state index >= 15 is 0 Å². The van der Waals surface area contributed by atoms with Gasteiger partial charge in [0.05, 0.1) is 6.34 Å². The van der Waals surface area contributed by atoms with Crippen molar-refractivity contribution >= 4 is 33.9 Å². The van der Waals surface area contributed by atoms with Gasteiger partial charge in [-0.05, 0) is 15.9 Å². The Morgan fingerprint density at radius 2 is 2.45 bits per heavy atom. The summed E-state index contributed by atoms with van der Waals surface area (Å²) >= 11 is 9.24. The van der Waals surface area contributed by atoms with E-state index in [1.54, 1.807) is 6.34 Å². The van der Waals surface area contributed by atoms with Crippen LogP contribution in [0.2, 0.25) is 0 Å². The standard InChI is InChI=1S/C6H5BrClN3/c7-3-1-9-6-4(3)5(8)10-2-11-6/h1-2,6,9H,(H,10,11). The maximum Gasteiger partial charge on any atom is 0.150 e. The second-order valence-corrected chi connectivity index (χ2v) is 3.44. The molecule has 58 valence electrons. The van der Waals surface area contributed by atoms with Crippen LogP contribution in [0.3, 0.4) is 0 Å². The number of aliphatic imine (C=N–C) groups is 1. The first kappa shape index (κ1) is 7.18. The minimum absolute atomic E-state index is 0.0156. The Morgan fingerprint density at radius 1 is 1.64 bits per heavy atom. The Morgan fingerprint density at radius 3 is 3.18 bits per heavy atom. The Labute approximate surface area is 77.3 Å². The van der Waals surface area contributed by atoms with Gasteiger partial charge in [0.2, 0.25) is 0 Å². The highest BCUT2D eigenvalue weighted by molar-refractivity contribution is 9.12. The molecular weight excluding hydrogens is 229 g/mol. The SMILES string of the molecule is ClC1=C2C(Br)=CNC2N=CN1. The van der Waals surface area contributed by atoms with Gasteiger partial charge in [0.1, 0.15) is 11.3 Å². The van der Waals surface area contributed by atoms with E-state index in [4.69, 9.17) is 11.6 Å². The van der Waals surface area contributed by atoms with Crippen LogP contribution in [0.5, 0.6) is 0 Å². The Kier molecular flexibility index (Phi) is 1.65. The molecule has 2 rings (SSSR count). The molecule has 0 saturated carbocycles. The third kappa shape index (κ3) is 1.06. The molecule has 1 atom stereocenters. The lowest BCUT2D eigenvalue weighted by molar-refractivity contribution is 0.726. The van der Waals surface area contributed by atoms with Crippen molar-refractivity contribution in [2.24, 2.45) is 4.99 Å². The highest BCUT2D eigenvalue weighted by Gasteiger charge is 2.25. The molecule has 5 heteroatoms. The van der Waals surface area contributed by atoms with E-state index < -0.39 is 0 Å².